The van der Waals surface area contributed by atoms with Crippen molar-refractivity contribution in [3.8, 4) is 0 Å². The number of halogens is 1. The highest BCUT2D eigenvalue weighted by Crippen LogP contribution is 2.44. The Balaban J connectivity index is 1.56. The molecule has 0 radical (unpaired) electrons. The van der Waals surface area contributed by atoms with E-state index >= 15 is 0 Å². The zero-order chi connectivity index (χ0) is 24.3. The normalized spacial score (nSPS) is 32.8. The lowest BCUT2D eigenvalue weighted by molar-refractivity contribution is -0.192. The summed E-state index contributed by atoms with van der Waals surface area (Å²) in [5, 5.41) is 10.4. The van der Waals surface area contributed by atoms with Crippen LogP contribution in [0.25, 0.3) is 0 Å². The van der Waals surface area contributed by atoms with Crippen LogP contribution in [-0.4, -0.2) is 53.9 Å². The van der Waals surface area contributed by atoms with Gasteiger partial charge in [0.2, 0.25) is 0 Å². The summed E-state index contributed by atoms with van der Waals surface area (Å²) in [5.74, 6) is 0.347. The van der Waals surface area contributed by atoms with E-state index in [1.54, 1.807) is 11.8 Å². The Morgan fingerprint density at radius 2 is 2.21 bits per heavy atom. The van der Waals surface area contributed by atoms with E-state index in [0.717, 1.165) is 83.7 Å². The SMILES string of the molecule is CCCCCC(O)/C=C/C1[C@@H](CCCC2=CCC(C(=O)OC)S2)C(Cl)C[C@H]1OC1CCCCO1. The number of methoxy groups -OCH3 is 1. The summed E-state index contributed by atoms with van der Waals surface area (Å²) in [4.78, 5) is 13.1. The van der Waals surface area contributed by atoms with Gasteiger partial charge in [-0.25, -0.2) is 0 Å². The van der Waals surface area contributed by atoms with E-state index in [1.165, 1.54) is 12.0 Å². The molecule has 0 aromatic heterocycles. The number of aliphatic hydroxyl groups excluding tert-OH is 1. The minimum atomic E-state index is -0.413. The van der Waals surface area contributed by atoms with Crippen molar-refractivity contribution in [2.24, 2.45) is 11.8 Å². The number of unbranched alkanes of at least 4 members (excludes halogenated alkanes) is 2. The number of carbonyl (C=O) groups is 1. The van der Waals surface area contributed by atoms with Gasteiger partial charge in [0, 0.05) is 17.9 Å². The fourth-order valence-electron chi connectivity index (χ4n) is 5.29. The molecule has 0 aromatic rings. The molecule has 3 rings (SSSR count). The van der Waals surface area contributed by atoms with Crippen molar-refractivity contribution in [2.45, 2.75) is 113 Å². The Morgan fingerprint density at radius 3 is 2.94 bits per heavy atom. The van der Waals surface area contributed by atoms with E-state index in [1.807, 2.05) is 6.08 Å². The molecule has 7 atom stereocenters. The van der Waals surface area contributed by atoms with Crippen LogP contribution in [-0.2, 0) is 19.0 Å². The van der Waals surface area contributed by atoms with E-state index in [4.69, 9.17) is 25.8 Å². The second-order valence-corrected chi connectivity index (χ2v) is 11.7. The molecule has 0 aromatic carbocycles. The first-order valence-electron chi connectivity index (χ1n) is 13.2. The third-order valence-corrected chi connectivity index (χ3v) is 9.09. The Bertz CT molecular complexity index is 678. The van der Waals surface area contributed by atoms with Crippen LogP contribution in [0.4, 0.5) is 0 Å². The van der Waals surface area contributed by atoms with E-state index in [0.29, 0.717) is 5.92 Å². The van der Waals surface area contributed by atoms with Crippen LogP contribution in [0, 0.1) is 11.8 Å². The van der Waals surface area contributed by atoms with Crippen molar-refractivity contribution >= 4 is 29.3 Å². The first-order chi connectivity index (χ1) is 16.5. The minimum Gasteiger partial charge on any atom is -0.468 e. The van der Waals surface area contributed by atoms with Gasteiger partial charge in [0.25, 0.3) is 0 Å². The number of thioether (sulfide) groups is 1. The first kappa shape index (κ1) is 28.0. The van der Waals surface area contributed by atoms with Crippen LogP contribution in [0.2, 0.25) is 0 Å². The van der Waals surface area contributed by atoms with Gasteiger partial charge in [0.15, 0.2) is 6.29 Å². The quantitative estimate of drug-likeness (QED) is 0.133. The molecule has 0 spiro atoms. The fourth-order valence-corrected chi connectivity index (χ4v) is 6.97. The zero-order valence-electron chi connectivity index (χ0n) is 20.8. The van der Waals surface area contributed by atoms with Gasteiger partial charge in [-0.3, -0.25) is 4.79 Å². The van der Waals surface area contributed by atoms with Crippen LogP contribution in [0.1, 0.15) is 84.0 Å². The van der Waals surface area contributed by atoms with E-state index < -0.39 is 6.10 Å². The maximum Gasteiger partial charge on any atom is 0.319 e. The molecule has 2 fully saturated rings. The second kappa shape index (κ2) is 14.9. The summed E-state index contributed by atoms with van der Waals surface area (Å²) in [7, 11) is 1.45. The Morgan fingerprint density at radius 1 is 1.35 bits per heavy atom. The maximum atomic E-state index is 11.8. The number of allylic oxidation sites excluding steroid dienone is 2. The van der Waals surface area contributed by atoms with E-state index in [-0.39, 0.29) is 34.9 Å². The standard InChI is InChI=1S/C27H43ClO5S/c1-3-4-5-9-19(29)13-15-22-21(11-8-10-20-14-16-25(34-20)27(30)31-2)23(28)18-24(22)33-26-12-6-7-17-32-26/h13-15,19,21-26,29H,3-12,16-18H2,1-2H3/b15-13+/t19?,21-,22?,23?,24-,25?,26?/m1/s1. The van der Waals surface area contributed by atoms with E-state index in [2.05, 4.69) is 19.1 Å². The van der Waals surface area contributed by atoms with Crippen molar-refractivity contribution in [1.29, 1.82) is 0 Å². The number of rotatable bonds is 13. The molecule has 1 saturated heterocycles. The van der Waals surface area contributed by atoms with Gasteiger partial charge >= 0.3 is 5.97 Å². The first-order valence-corrected chi connectivity index (χ1v) is 14.5. The summed E-state index contributed by atoms with van der Waals surface area (Å²) >= 11 is 8.52. The lowest BCUT2D eigenvalue weighted by Crippen LogP contribution is -2.30. The minimum absolute atomic E-state index is 0.0264. The molecule has 7 heteroatoms. The Kier molecular flexibility index (Phi) is 12.3. The van der Waals surface area contributed by atoms with Crippen molar-refractivity contribution < 1.29 is 24.1 Å². The van der Waals surface area contributed by atoms with Crippen LogP contribution in [0.15, 0.2) is 23.1 Å². The lowest BCUT2D eigenvalue weighted by atomic mass is 9.88. The molecular formula is C27H43ClO5S. The van der Waals surface area contributed by atoms with Gasteiger partial charge in [0.1, 0.15) is 5.25 Å². The molecule has 0 amide bonds. The molecule has 1 aliphatic carbocycles. The molecule has 5 nitrogen and oxygen atoms in total. The number of ether oxygens (including phenoxy) is 3. The van der Waals surface area contributed by atoms with Crippen LogP contribution in [0.5, 0.6) is 0 Å². The van der Waals surface area contributed by atoms with Gasteiger partial charge in [-0.1, -0.05) is 44.4 Å². The number of carbonyl (C=O) groups excluding carboxylic acids is 1. The number of aliphatic hydroxyl groups is 1. The highest BCUT2D eigenvalue weighted by Gasteiger charge is 2.42. The van der Waals surface area contributed by atoms with Gasteiger partial charge in [-0.2, -0.15) is 0 Å². The Hall–Kier alpha value is -0.530. The van der Waals surface area contributed by atoms with Crippen molar-refractivity contribution in [1.82, 2.24) is 0 Å². The van der Waals surface area contributed by atoms with Crippen LogP contribution < -0.4 is 0 Å². The summed E-state index contributed by atoms with van der Waals surface area (Å²) in [6.07, 6.45) is 17.7. The van der Waals surface area contributed by atoms with Crippen molar-refractivity contribution in [3.63, 3.8) is 0 Å². The second-order valence-electron chi connectivity index (χ2n) is 9.84. The highest BCUT2D eigenvalue weighted by atomic mass is 35.5. The molecule has 0 bridgehead atoms. The topological polar surface area (TPSA) is 65.0 Å². The number of esters is 1. The maximum absolute atomic E-state index is 11.8. The van der Waals surface area contributed by atoms with Crippen LogP contribution >= 0.6 is 23.4 Å². The third kappa shape index (κ3) is 8.55. The molecule has 5 unspecified atom stereocenters. The predicted molar refractivity (Wildman–Crippen MR) is 139 cm³/mol. The molecule has 3 aliphatic rings. The number of hydrogen-bond acceptors (Lipinski definition) is 6. The third-order valence-electron chi connectivity index (χ3n) is 7.25. The number of alkyl halides is 1. The molecular weight excluding hydrogens is 472 g/mol. The molecule has 194 valence electrons. The summed E-state index contributed by atoms with van der Waals surface area (Å²) in [5.41, 5.74) is 0. The fraction of sp³-hybridized carbons (Fsp3) is 0.815. The van der Waals surface area contributed by atoms with Gasteiger partial charge < -0.3 is 19.3 Å². The zero-order valence-corrected chi connectivity index (χ0v) is 22.4. The molecule has 2 aliphatic heterocycles. The molecule has 1 N–H and O–H groups in total. The molecule has 1 saturated carbocycles. The molecule has 34 heavy (non-hydrogen) atoms. The van der Waals surface area contributed by atoms with Crippen LogP contribution in [0.3, 0.4) is 0 Å². The summed E-state index contributed by atoms with van der Waals surface area (Å²) < 4.78 is 17.2. The van der Waals surface area contributed by atoms with Gasteiger partial charge in [-0.15, -0.1) is 23.4 Å². The Labute approximate surface area is 215 Å². The average molecular weight is 515 g/mol. The largest absolute Gasteiger partial charge is 0.468 e. The van der Waals surface area contributed by atoms with Crippen molar-refractivity contribution in [2.75, 3.05) is 13.7 Å². The summed E-state index contributed by atoms with van der Waals surface area (Å²) in [6.45, 7) is 2.94. The monoisotopic (exact) mass is 514 g/mol. The molecule has 2 heterocycles. The predicted octanol–water partition coefficient (Wildman–Crippen LogP) is 6.37. The highest BCUT2D eigenvalue weighted by molar-refractivity contribution is 8.04. The smallest absolute Gasteiger partial charge is 0.319 e. The number of hydrogen-bond donors (Lipinski definition) is 1. The van der Waals surface area contributed by atoms with Crippen molar-refractivity contribution in [3.05, 3.63) is 23.1 Å². The average Bonchev–Trinajstić information content (AvgIpc) is 3.42. The van der Waals surface area contributed by atoms with Gasteiger partial charge in [-0.05, 0) is 68.6 Å². The van der Waals surface area contributed by atoms with E-state index in [9.17, 15) is 9.90 Å². The van der Waals surface area contributed by atoms with Gasteiger partial charge in [0.05, 0.1) is 19.3 Å². The summed E-state index contributed by atoms with van der Waals surface area (Å²) in [6, 6.07) is 0. The lowest BCUT2D eigenvalue weighted by Gasteiger charge is -2.29.